The third kappa shape index (κ3) is 1.65. The van der Waals surface area contributed by atoms with Crippen LogP contribution in [0.25, 0.3) is 10.9 Å². The van der Waals surface area contributed by atoms with Gasteiger partial charge in [0.2, 0.25) is 0 Å². The van der Waals surface area contributed by atoms with Crippen molar-refractivity contribution in [2.24, 2.45) is 0 Å². The van der Waals surface area contributed by atoms with Crippen molar-refractivity contribution in [2.75, 3.05) is 5.73 Å². The van der Waals surface area contributed by atoms with Gasteiger partial charge in [0.25, 0.3) is 0 Å². The predicted octanol–water partition coefficient (Wildman–Crippen LogP) is 2.39. The lowest BCUT2D eigenvalue weighted by Gasteiger charge is -2.07. The van der Waals surface area contributed by atoms with Gasteiger partial charge in [0.05, 0.1) is 5.52 Å². The van der Waals surface area contributed by atoms with Crippen LogP contribution in [0, 0.1) is 13.8 Å². The lowest BCUT2D eigenvalue weighted by molar-refractivity contribution is 0.963. The molecule has 0 amide bonds. The van der Waals surface area contributed by atoms with Gasteiger partial charge in [-0.3, -0.25) is 0 Å². The summed E-state index contributed by atoms with van der Waals surface area (Å²) in [4.78, 5) is 8.77. The van der Waals surface area contributed by atoms with Gasteiger partial charge in [-0.1, -0.05) is 13.0 Å². The SMILES string of the molecule is CCc1nc(N)c2cc(C)cc(C)c2n1. The van der Waals surface area contributed by atoms with Crippen LogP contribution in [0.15, 0.2) is 12.1 Å². The fourth-order valence-corrected chi connectivity index (χ4v) is 1.82. The van der Waals surface area contributed by atoms with Crippen LogP contribution in [0.1, 0.15) is 23.9 Å². The van der Waals surface area contributed by atoms with Crippen molar-refractivity contribution in [3.8, 4) is 0 Å². The maximum Gasteiger partial charge on any atom is 0.135 e. The molecular weight excluding hydrogens is 186 g/mol. The Balaban J connectivity index is 2.85. The Hall–Kier alpha value is -1.64. The molecule has 0 radical (unpaired) electrons. The Morgan fingerprint density at radius 1 is 1.20 bits per heavy atom. The van der Waals surface area contributed by atoms with Crippen LogP contribution in [0.2, 0.25) is 0 Å². The van der Waals surface area contributed by atoms with Crippen molar-refractivity contribution in [1.82, 2.24) is 9.97 Å². The summed E-state index contributed by atoms with van der Waals surface area (Å²) in [6.07, 6.45) is 0.813. The number of aryl methyl sites for hydroxylation is 3. The van der Waals surface area contributed by atoms with E-state index in [1.54, 1.807) is 0 Å². The van der Waals surface area contributed by atoms with Crippen LogP contribution in [0.5, 0.6) is 0 Å². The molecule has 0 spiro atoms. The average molecular weight is 201 g/mol. The van der Waals surface area contributed by atoms with Crippen LogP contribution in [0.3, 0.4) is 0 Å². The molecule has 3 nitrogen and oxygen atoms in total. The molecule has 1 aromatic heterocycles. The topological polar surface area (TPSA) is 51.8 Å². The van der Waals surface area contributed by atoms with E-state index in [-0.39, 0.29) is 0 Å². The third-order valence-electron chi connectivity index (χ3n) is 2.53. The molecule has 2 rings (SSSR count). The Labute approximate surface area is 89.4 Å². The highest BCUT2D eigenvalue weighted by atomic mass is 14.9. The summed E-state index contributed by atoms with van der Waals surface area (Å²) in [5, 5.41) is 0.963. The Morgan fingerprint density at radius 3 is 2.60 bits per heavy atom. The molecule has 1 heterocycles. The minimum absolute atomic E-state index is 0.587. The number of hydrogen-bond acceptors (Lipinski definition) is 3. The van der Waals surface area contributed by atoms with Gasteiger partial charge in [0.15, 0.2) is 0 Å². The maximum absolute atomic E-state index is 5.92. The highest BCUT2D eigenvalue weighted by Crippen LogP contribution is 2.22. The largest absolute Gasteiger partial charge is 0.383 e. The summed E-state index contributed by atoms with van der Waals surface area (Å²) < 4.78 is 0. The Kier molecular flexibility index (Phi) is 2.31. The predicted molar refractivity (Wildman–Crippen MR) is 62.8 cm³/mol. The normalized spacial score (nSPS) is 10.9. The molecule has 0 aliphatic heterocycles. The van der Waals surface area contributed by atoms with Gasteiger partial charge in [-0.15, -0.1) is 0 Å². The molecule has 0 saturated heterocycles. The van der Waals surface area contributed by atoms with Gasteiger partial charge in [-0.05, 0) is 31.0 Å². The molecule has 0 unspecified atom stereocenters. The van der Waals surface area contributed by atoms with Gasteiger partial charge < -0.3 is 5.73 Å². The monoisotopic (exact) mass is 201 g/mol. The summed E-state index contributed by atoms with van der Waals surface area (Å²) >= 11 is 0. The molecule has 3 heteroatoms. The summed E-state index contributed by atoms with van der Waals surface area (Å²) in [5.41, 5.74) is 9.25. The van der Waals surface area contributed by atoms with Crippen LogP contribution in [0.4, 0.5) is 5.82 Å². The first-order valence-electron chi connectivity index (χ1n) is 5.15. The fraction of sp³-hybridized carbons (Fsp3) is 0.333. The molecule has 15 heavy (non-hydrogen) atoms. The second-order valence-corrected chi connectivity index (χ2v) is 3.86. The van der Waals surface area contributed by atoms with Crippen molar-refractivity contribution < 1.29 is 0 Å². The average Bonchev–Trinajstić information content (AvgIpc) is 2.19. The zero-order valence-corrected chi connectivity index (χ0v) is 9.33. The van der Waals surface area contributed by atoms with E-state index >= 15 is 0 Å². The third-order valence-corrected chi connectivity index (χ3v) is 2.53. The number of hydrogen-bond donors (Lipinski definition) is 1. The maximum atomic E-state index is 5.92. The summed E-state index contributed by atoms with van der Waals surface area (Å²) in [6.45, 7) is 6.14. The molecule has 0 saturated carbocycles. The lowest BCUT2D eigenvalue weighted by atomic mass is 10.1. The molecule has 0 aliphatic rings. The van der Waals surface area contributed by atoms with Gasteiger partial charge in [-0.2, -0.15) is 0 Å². The van der Waals surface area contributed by atoms with Crippen LogP contribution in [-0.4, -0.2) is 9.97 Å². The van der Waals surface area contributed by atoms with Crippen molar-refractivity contribution in [3.63, 3.8) is 0 Å². The van der Waals surface area contributed by atoms with Crippen LogP contribution in [-0.2, 0) is 6.42 Å². The first-order valence-corrected chi connectivity index (χ1v) is 5.15. The lowest BCUT2D eigenvalue weighted by Crippen LogP contribution is -2.01. The van der Waals surface area contributed by atoms with E-state index in [1.165, 1.54) is 5.56 Å². The summed E-state index contributed by atoms with van der Waals surface area (Å²) in [7, 11) is 0. The minimum atomic E-state index is 0.587. The minimum Gasteiger partial charge on any atom is -0.383 e. The number of nitrogen functional groups attached to an aromatic ring is 1. The number of nitrogens with zero attached hydrogens (tertiary/aromatic N) is 2. The van der Waals surface area contributed by atoms with Crippen LogP contribution < -0.4 is 5.73 Å². The first-order chi connectivity index (χ1) is 7.11. The van der Waals surface area contributed by atoms with Crippen molar-refractivity contribution in [2.45, 2.75) is 27.2 Å². The van der Waals surface area contributed by atoms with Crippen molar-refractivity contribution in [3.05, 3.63) is 29.1 Å². The van der Waals surface area contributed by atoms with E-state index in [0.29, 0.717) is 5.82 Å². The number of fused-ring (bicyclic) bond motifs is 1. The van der Waals surface area contributed by atoms with Gasteiger partial charge in [0.1, 0.15) is 11.6 Å². The highest BCUT2D eigenvalue weighted by Gasteiger charge is 2.06. The molecule has 1 aromatic carbocycles. The quantitative estimate of drug-likeness (QED) is 0.770. The van der Waals surface area contributed by atoms with Gasteiger partial charge in [-0.25, -0.2) is 9.97 Å². The second kappa shape index (κ2) is 3.50. The zero-order chi connectivity index (χ0) is 11.0. The first kappa shape index (κ1) is 9.90. The van der Waals surface area contributed by atoms with Crippen molar-refractivity contribution >= 4 is 16.7 Å². The number of benzene rings is 1. The molecular formula is C12H15N3. The van der Waals surface area contributed by atoms with Gasteiger partial charge in [0, 0.05) is 11.8 Å². The number of rotatable bonds is 1. The van der Waals surface area contributed by atoms with E-state index in [4.69, 9.17) is 5.73 Å². The highest BCUT2D eigenvalue weighted by molar-refractivity contribution is 5.90. The second-order valence-electron chi connectivity index (χ2n) is 3.86. The zero-order valence-electron chi connectivity index (χ0n) is 9.33. The smallest absolute Gasteiger partial charge is 0.135 e. The molecule has 2 aromatic rings. The molecule has 0 fully saturated rings. The number of nitrogens with two attached hydrogens (primary N) is 1. The van der Waals surface area contributed by atoms with E-state index in [9.17, 15) is 0 Å². The van der Waals surface area contributed by atoms with E-state index in [0.717, 1.165) is 28.7 Å². The number of aromatic nitrogens is 2. The van der Waals surface area contributed by atoms with Crippen molar-refractivity contribution in [1.29, 1.82) is 0 Å². The molecule has 0 aliphatic carbocycles. The summed E-state index contributed by atoms with van der Waals surface area (Å²) in [5.74, 6) is 1.40. The Bertz CT molecular complexity index is 518. The Morgan fingerprint density at radius 2 is 1.93 bits per heavy atom. The molecule has 2 N–H and O–H groups in total. The fourth-order valence-electron chi connectivity index (χ4n) is 1.82. The molecule has 0 atom stereocenters. The summed E-state index contributed by atoms with van der Waals surface area (Å²) in [6, 6.07) is 4.16. The van der Waals surface area contributed by atoms with E-state index in [1.807, 2.05) is 13.0 Å². The van der Waals surface area contributed by atoms with Gasteiger partial charge >= 0.3 is 0 Å². The molecule has 78 valence electrons. The van der Waals surface area contributed by atoms with E-state index < -0.39 is 0 Å². The standard InChI is InChI=1S/C12H15N3/c1-4-10-14-11-8(3)5-7(2)6-9(11)12(13)15-10/h5-6H,4H2,1-3H3,(H2,13,14,15). The van der Waals surface area contributed by atoms with E-state index in [2.05, 4.69) is 29.9 Å². The number of anilines is 1. The molecule has 0 bridgehead atoms. The van der Waals surface area contributed by atoms with Crippen LogP contribution >= 0.6 is 0 Å².